The number of rotatable bonds is 10. The Hall–Kier alpha value is 1.04. The molecule has 0 atom stereocenters. The van der Waals surface area contributed by atoms with Gasteiger partial charge in [0.25, 0.3) is 0 Å². The van der Waals surface area contributed by atoms with E-state index in [4.69, 9.17) is 10.2 Å². The summed E-state index contributed by atoms with van der Waals surface area (Å²) in [6, 6.07) is 0. The zero-order chi connectivity index (χ0) is 21.3. The first-order chi connectivity index (χ1) is 11.6. The third kappa shape index (κ3) is 20.9. The normalized spacial score (nSPS) is 9.40. The summed E-state index contributed by atoms with van der Waals surface area (Å²) < 4.78 is 0. The Bertz CT molecular complexity index is 527. The molecule has 0 amide bonds. The number of aliphatic hydroxyl groups is 2. The molecule has 0 aliphatic rings. The van der Waals surface area contributed by atoms with E-state index >= 15 is 0 Å². The van der Waals surface area contributed by atoms with Crippen LogP contribution in [0.3, 0.4) is 0 Å². The third-order valence-corrected chi connectivity index (χ3v) is 2.51. The van der Waals surface area contributed by atoms with Crippen molar-refractivity contribution in [3.63, 3.8) is 0 Å². The fourth-order valence-corrected chi connectivity index (χ4v) is 1.37. The average molecular weight is 579 g/mol. The van der Waals surface area contributed by atoms with Gasteiger partial charge in [-0.3, -0.25) is 0 Å². The van der Waals surface area contributed by atoms with Gasteiger partial charge in [-0.2, -0.15) is 0 Å². The number of carboxylic acid groups (broad SMARTS) is 6. The third-order valence-electron chi connectivity index (χ3n) is 2.51. The minimum absolute atomic E-state index is 0. The van der Waals surface area contributed by atoms with E-state index in [9.17, 15) is 59.4 Å². The number of carboxylic acids is 6. The molecule has 0 aliphatic heterocycles. The van der Waals surface area contributed by atoms with E-state index in [0.717, 1.165) is 0 Å². The Balaban J connectivity index is -0.0000000847. The molecule has 0 radical (unpaired) electrons. The zero-order valence-corrected chi connectivity index (χ0v) is 24.0. The Morgan fingerprint density at radius 2 is 0.633 bits per heavy atom. The summed E-state index contributed by atoms with van der Waals surface area (Å²) in [6.45, 7) is 0. The van der Waals surface area contributed by atoms with Gasteiger partial charge < -0.3 is 69.6 Å². The fraction of sp³-hybridized carbons (Fsp3) is 0.500. The monoisotopic (exact) mass is 580 g/mol. The van der Waals surface area contributed by atoms with Crippen LogP contribution >= 0.6 is 0 Å². The van der Waals surface area contributed by atoms with Crippen LogP contribution in [0, 0.1) is 0 Å². The molecule has 0 aromatic heterocycles. The molecule has 2 N–H and O–H groups in total. The standard InChI is InChI=1S/2C6H8O7.3Ca.H2Se/c2*7-3(8)1-6(13,5(11)12)2-4(9)10;;;;/h2*13H,1-2H2,(H,7,8)(H,9,10)(H,11,12);;;;1H2/q;;3*+2;/p-6. The van der Waals surface area contributed by atoms with E-state index in [-0.39, 0.29) is 130 Å². The Kier molecular flexibility index (Phi) is 30.7. The molecule has 30 heavy (non-hydrogen) atoms. The minimum atomic E-state index is -2.97. The summed E-state index contributed by atoms with van der Waals surface area (Å²) in [6.07, 6.45) is -5.43. The molecule has 18 heteroatoms. The van der Waals surface area contributed by atoms with Crippen molar-refractivity contribution in [1.29, 1.82) is 0 Å². The molecule has 0 saturated carbocycles. The van der Waals surface area contributed by atoms with Gasteiger partial charge in [-0.05, 0) is 0 Å². The van der Waals surface area contributed by atoms with E-state index in [1.807, 2.05) is 0 Å². The van der Waals surface area contributed by atoms with Gasteiger partial charge in [0, 0.05) is 49.6 Å². The molecule has 0 heterocycles. The van der Waals surface area contributed by atoms with Gasteiger partial charge in [-0.25, -0.2) is 0 Å². The molecule has 0 fully saturated rings. The summed E-state index contributed by atoms with van der Waals surface area (Å²) in [5, 5.41) is 77.9. The first-order valence-electron chi connectivity index (χ1n) is 6.23. The van der Waals surface area contributed by atoms with Crippen molar-refractivity contribution in [2.45, 2.75) is 36.9 Å². The van der Waals surface area contributed by atoms with E-state index in [2.05, 4.69) is 0 Å². The van der Waals surface area contributed by atoms with Gasteiger partial charge in [0.05, 0.1) is 11.9 Å². The van der Waals surface area contributed by atoms with Gasteiger partial charge in [0.2, 0.25) is 0 Å². The van der Waals surface area contributed by atoms with Crippen molar-refractivity contribution in [3.05, 3.63) is 0 Å². The molecule has 14 nitrogen and oxygen atoms in total. The molecule has 0 spiro atoms. The van der Waals surface area contributed by atoms with Crippen LogP contribution in [0.25, 0.3) is 0 Å². The molecule has 0 aliphatic carbocycles. The molecule has 0 rings (SSSR count). The molecule has 156 valence electrons. The van der Waals surface area contributed by atoms with Crippen molar-refractivity contribution in [2.75, 3.05) is 0 Å². The number of hydrogen-bond donors (Lipinski definition) is 2. The first-order valence-corrected chi connectivity index (χ1v) is 6.23. The number of carbonyl (C=O) groups is 6. The van der Waals surface area contributed by atoms with Crippen molar-refractivity contribution in [1.82, 2.24) is 0 Å². The summed E-state index contributed by atoms with van der Waals surface area (Å²) in [5.74, 6) is -12.0. The first kappa shape index (κ1) is 44.7. The second kappa shape index (κ2) is 20.6. The molecular weight excluding hydrogens is 567 g/mol. The number of hydrogen-bond acceptors (Lipinski definition) is 14. The topological polar surface area (TPSA) is 281 Å². The summed E-state index contributed by atoms with van der Waals surface area (Å²) in [4.78, 5) is 60.0. The van der Waals surface area contributed by atoms with Gasteiger partial charge >= 0.3 is 130 Å². The fourth-order valence-electron chi connectivity index (χ4n) is 1.37. The van der Waals surface area contributed by atoms with Gasteiger partial charge in [0.15, 0.2) is 0 Å². The quantitative estimate of drug-likeness (QED) is 0.227. The van der Waals surface area contributed by atoms with Crippen molar-refractivity contribution in [2.24, 2.45) is 0 Å². The SMILES string of the molecule is O=C([O-])CC(O)(CC(=O)[O-])C(=O)[O-].O=C([O-])CC(O)(CC(=O)[O-])C(=O)[O-].[Ca+2].[Ca+2].[Ca+2].[SeH2]. The summed E-state index contributed by atoms with van der Waals surface area (Å²) in [7, 11) is 0. The van der Waals surface area contributed by atoms with Crippen LogP contribution < -0.4 is 30.6 Å². The van der Waals surface area contributed by atoms with Crippen molar-refractivity contribution >= 4 is 166 Å². The Morgan fingerprint density at radius 1 is 0.500 bits per heavy atom. The molecule has 0 aromatic rings. The van der Waals surface area contributed by atoms with Crippen LogP contribution in [0.1, 0.15) is 25.7 Å². The van der Waals surface area contributed by atoms with Crippen LogP contribution in [-0.2, 0) is 28.8 Å². The average Bonchev–Trinajstić information content (AvgIpc) is 2.34. The van der Waals surface area contributed by atoms with E-state index in [1.165, 1.54) is 0 Å². The summed E-state index contributed by atoms with van der Waals surface area (Å²) >= 11 is 0. The summed E-state index contributed by atoms with van der Waals surface area (Å²) in [5.41, 5.74) is -5.95. The number of carbonyl (C=O) groups excluding carboxylic acids is 6. The van der Waals surface area contributed by atoms with Crippen molar-refractivity contribution < 1.29 is 69.6 Å². The molecule has 0 bridgehead atoms. The second-order valence-electron chi connectivity index (χ2n) is 4.83. The van der Waals surface area contributed by atoms with Crippen LogP contribution in [0.5, 0.6) is 0 Å². The molecule has 0 unspecified atom stereocenters. The van der Waals surface area contributed by atoms with Gasteiger partial charge in [0.1, 0.15) is 11.2 Å². The van der Waals surface area contributed by atoms with E-state index in [0.29, 0.717) is 0 Å². The Labute approximate surface area is 268 Å². The predicted molar refractivity (Wildman–Crippen MR) is 84.2 cm³/mol. The van der Waals surface area contributed by atoms with Gasteiger partial charge in [-0.15, -0.1) is 0 Å². The van der Waals surface area contributed by atoms with Crippen LogP contribution in [0.15, 0.2) is 0 Å². The number of aliphatic carboxylic acids is 6. The predicted octanol–water partition coefficient (Wildman–Crippen LogP) is -12.6. The van der Waals surface area contributed by atoms with Crippen LogP contribution in [0.2, 0.25) is 0 Å². The van der Waals surface area contributed by atoms with Gasteiger partial charge in [-0.1, -0.05) is 0 Å². The Morgan fingerprint density at radius 3 is 0.700 bits per heavy atom. The van der Waals surface area contributed by atoms with Crippen LogP contribution in [-0.4, -0.2) is 188 Å². The van der Waals surface area contributed by atoms with E-state index < -0.39 is 72.7 Å². The zero-order valence-electron chi connectivity index (χ0n) is 15.2. The molecular formula is C12H12Ca3O14Se. The van der Waals surface area contributed by atoms with E-state index in [1.54, 1.807) is 0 Å². The molecule has 0 aromatic carbocycles. The van der Waals surface area contributed by atoms with Crippen molar-refractivity contribution in [3.8, 4) is 0 Å². The van der Waals surface area contributed by atoms with Crippen LogP contribution in [0.4, 0.5) is 0 Å². The maximum absolute atomic E-state index is 10.1. The second-order valence-corrected chi connectivity index (χ2v) is 4.83. The molecule has 0 saturated heterocycles. The maximum atomic E-state index is 10.1.